The standard InChI is InChI=1S/C22H27NO5/c1-10(2)17(21(26)27)11-9-16(25)19-18-12(11)8-14-13-4-5-15(24)20(28-19)22(13,18)6-7-23(14)3/h4-5,9-10,13-15,17,20,24-25H,6-8H2,1-3H3,(H,26,27)/t13-,14+,15-,17?,20-,22-/m0/s1. The molecule has 2 heterocycles. The van der Waals surface area contributed by atoms with E-state index in [1.54, 1.807) is 6.07 Å². The Kier molecular flexibility index (Phi) is 3.69. The second-order valence-electron chi connectivity index (χ2n) is 9.21. The number of piperidine rings is 1. The first kappa shape index (κ1) is 18.0. The summed E-state index contributed by atoms with van der Waals surface area (Å²) in [6.45, 7) is 4.69. The van der Waals surface area contributed by atoms with Gasteiger partial charge in [-0.3, -0.25) is 4.79 Å². The van der Waals surface area contributed by atoms with Crippen LogP contribution in [0.2, 0.25) is 0 Å². The van der Waals surface area contributed by atoms with Crippen molar-refractivity contribution < 1.29 is 24.9 Å². The SMILES string of the molecule is CC(C)C(C(=O)O)c1cc(O)c2c3c1C[C@@H]1[C@@H]4C=C[C@H](O)[C@H](O2)[C@]34CCN1C. The number of aliphatic hydroxyl groups is 1. The Morgan fingerprint density at radius 2 is 2.11 bits per heavy atom. The number of phenolic OH excluding ortho intramolecular Hbond substituents is 1. The van der Waals surface area contributed by atoms with Crippen LogP contribution in [0.5, 0.6) is 11.5 Å². The molecule has 2 aliphatic carbocycles. The van der Waals surface area contributed by atoms with Crippen LogP contribution < -0.4 is 4.74 Å². The molecule has 6 nitrogen and oxygen atoms in total. The number of carboxylic acids is 1. The van der Waals surface area contributed by atoms with Crippen LogP contribution in [0.4, 0.5) is 0 Å². The number of likely N-dealkylation sites (N-methyl/N-ethyl adjacent to an activating group) is 1. The topological polar surface area (TPSA) is 90.2 Å². The maximum atomic E-state index is 12.1. The Morgan fingerprint density at radius 1 is 1.36 bits per heavy atom. The van der Waals surface area contributed by atoms with Crippen LogP contribution in [0.15, 0.2) is 18.2 Å². The Morgan fingerprint density at radius 3 is 2.79 bits per heavy atom. The molecular weight excluding hydrogens is 358 g/mol. The molecule has 150 valence electrons. The monoisotopic (exact) mass is 385 g/mol. The highest BCUT2D eigenvalue weighted by atomic mass is 16.5. The zero-order chi connectivity index (χ0) is 20.0. The number of aliphatic carboxylic acids is 1. The van der Waals surface area contributed by atoms with E-state index in [0.717, 1.165) is 30.5 Å². The molecule has 3 N–H and O–H groups in total. The van der Waals surface area contributed by atoms with E-state index in [-0.39, 0.29) is 23.6 Å². The molecule has 6 atom stereocenters. The molecule has 1 saturated heterocycles. The maximum absolute atomic E-state index is 12.1. The molecule has 28 heavy (non-hydrogen) atoms. The molecule has 0 aromatic heterocycles. The number of hydrogen-bond acceptors (Lipinski definition) is 5. The largest absolute Gasteiger partial charge is 0.504 e. The minimum absolute atomic E-state index is 0.00671. The molecule has 1 aromatic rings. The summed E-state index contributed by atoms with van der Waals surface area (Å²) in [5, 5.41) is 31.4. The smallest absolute Gasteiger partial charge is 0.311 e. The predicted molar refractivity (Wildman–Crippen MR) is 103 cm³/mol. The summed E-state index contributed by atoms with van der Waals surface area (Å²) < 4.78 is 6.20. The van der Waals surface area contributed by atoms with Crippen molar-refractivity contribution >= 4 is 5.97 Å². The first-order valence-electron chi connectivity index (χ1n) is 10.1. The van der Waals surface area contributed by atoms with E-state index >= 15 is 0 Å². The Bertz CT molecular complexity index is 893. The molecule has 0 saturated carbocycles. The summed E-state index contributed by atoms with van der Waals surface area (Å²) in [6, 6.07) is 1.82. The van der Waals surface area contributed by atoms with Crippen molar-refractivity contribution in [1.29, 1.82) is 0 Å². The van der Waals surface area contributed by atoms with Crippen LogP contribution in [0.25, 0.3) is 0 Å². The molecule has 0 amide bonds. The third kappa shape index (κ3) is 2.02. The van der Waals surface area contributed by atoms with Crippen molar-refractivity contribution in [3.63, 3.8) is 0 Å². The van der Waals surface area contributed by atoms with Gasteiger partial charge in [-0.15, -0.1) is 0 Å². The number of likely N-dealkylation sites (tertiary alicyclic amines) is 1. The fourth-order valence-corrected chi connectivity index (χ4v) is 6.41. The maximum Gasteiger partial charge on any atom is 0.311 e. The molecule has 2 aliphatic heterocycles. The first-order valence-corrected chi connectivity index (χ1v) is 10.1. The summed E-state index contributed by atoms with van der Waals surface area (Å²) in [5.41, 5.74) is 2.26. The van der Waals surface area contributed by atoms with Crippen molar-refractivity contribution in [3.8, 4) is 11.5 Å². The van der Waals surface area contributed by atoms with Crippen LogP contribution in [-0.4, -0.2) is 58.0 Å². The number of nitrogens with zero attached hydrogens (tertiary/aromatic N) is 1. The van der Waals surface area contributed by atoms with Gasteiger partial charge in [0.25, 0.3) is 0 Å². The normalized spacial score (nSPS) is 36.2. The first-order chi connectivity index (χ1) is 13.3. The number of phenols is 1. The predicted octanol–water partition coefficient (Wildman–Crippen LogP) is 2.02. The third-order valence-electron chi connectivity index (χ3n) is 7.58. The highest BCUT2D eigenvalue weighted by Gasteiger charge is 2.64. The minimum Gasteiger partial charge on any atom is -0.504 e. The molecule has 1 aromatic carbocycles. The van der Waals surface area contributed by atoms with E-state index in [1.807, 2.05) is 19.9 Å². The van der Waals surface area contributed by atoms with E-state index in [9.17, 15) is 20.1 Å². The van der Waals surface area contributed by atoms with Crippen molar-refractivity contribution in [1.82, 2.24) is 4.90 Å². The van der Waals surface area contributed by atoms with E-state index < -0.39 is 29.5 Å². The number of carbonyl (C=O) groups is 1. The minimum atomic E-state index is -0.872. The van der Waals surface area contributed by atoms with Gasteiger partial charge in [0.2, 0.25) is 0 Å². The number of ether oxygens (including phenoxy) is 1. The van der Waals surface area contributed by atoms with Gasteiger partial charge in [0.05, 0.1) is 5.92 Å². The van der Waals surface area contributed by atoms with Crippen molar-refractivity contribution in [2.45, 2.75) is 56.3 Å². The molecule has 1 fully saturated rings. The summed E-state index contributed by atoms with van der Waals surface area (Å²) in [4.78, 5) is 14.4. The molecule has 4 aliphatic rings. The number of aromatic hydroxyl groups is 1. The number of rotatable bonds is 3. The highest BCUT2D eigenvalue weighted by Crippen LogP contribution is 2.63. The van der Waals surface area contributed by atoms with Gasteiger partial charge in [0.15, 0.2) is 11.5 Å². The summed E-state index contributed by atoms with van der Waals surface area (Å²) in [6.07, 6.45) is 4.32. The summed E-state index contributed by atoms with van der Waals surface area (Å²) in [5.74, 6) is -1.03. The number of aliphatic hydroxyl groups excluding tert-OH is 1. The van der Waals surface area contributed by atoms with Crippen LogP contribution in [0.3, 0.4) is 0 Å². The van der Waals surface area contributed by atoms with Crippen LogP contribution in [0.1, 0.15) is 42.9 Å². The Hall–Kier alpha value is -2.05. The van der Waals surface area contributed by atoms with Gasteiger partial charge in [0, 0.05) is 22.9 Å². The second kappa shape index (κ2) is 5.74. The van der Waals surface area contributed by atoms with Gasteiger partial charge < -0.3 is 25.0 Å². The number of hydrogen-bond donors (Lipinski definition) is 3. The number of benzene rings is 1. The van der Waals surface area contributed by atoms with Gasteiger partial charge in [-0.2, -0.15) is 0 Å². The zero-order valence-corrected chi connectivity index (χ0v) is 16.4. The lowest BCUT2D eigenvalue weighted by Crippen LogP contribution is -2.64. The lowest BCUT2D eigenvalue weighted by atomic mass is 9.52. The van der Waals surface area contributed by atoms with Crippen molar-refractivity contribution in [3.05, 3.63) is 34.9 Å². The van der Waals surface area contributed by atoms with E-state index in [4.69, 9.17) is 4.74 Å². The second-order valence-corrected chi connectivity index (χ2v) is 9.21. The zero-order valence-electron chi connectivity index (χ0n) is 16.4. The molecule has 6 heteroatoms. The molecule has 5 rings (SSSR count). The van der Waals surface area contributed by atoms with Gasteiger partial charge in [-0.25, -0.2) is 0 Å². The molecule has 1 spiro atoms. The molecule has 2 bridgehead atoms. The fourth-order valence-electron chi connectivity index (χ4n) is 6.41. The average molecular weight is 385 g/mol. The lowest BCUT2D eigenvalue weighted by Gasteiger charge is -2.56. The van der Waals surface area contributed by atoms with Gasteiger partial charge in [0.1, 0.15) is 12.2 Å². The highest BCUT2D eigenvalue weighted by molar-refractivity contribution is 5.79. The molecular formula is C22H27NO5. The third-order valence-corrected chi connectivity index (χ3v) is 7.58. The fraction of sp³-hybridized carbons (Fsp3) is 0.591. The Labute approximate surface area is 164 Å². The quantitative estimate of drug-likeness (QED) is 0.690. The molecule has 0 radical (unpaired) electrons. The summed E-state index contributed by atoms with van der Waals surface area (Å²) in [7, 11) is 2.12. The van der Waals surface area contributed by atoms with Crippen molar-refractivity contribution in [2.75, 3.05) is 13.6 Å². The van der Waals surface area contributed by atoms with Crippen LogP contribution in [0, 0.1) is 11.8 Å². The van der Waals surface area contributed by atoms with E-state index in [1.165, 1.54) is 0 Å². The van der Waals surface area contributed by atoms with Gasteiger partial charge in [-0.05, 0) is 49.5 Å². The van der Waals surface area contributed by atoms with Crippen LogP contribution in [-0.2, 0) is 16.6 Å². The van der Waals surface area contributed by atoms with Crippen LogP contribution >= 0.6 is 0 Å². The summed E-state index contributed by atoms with van der Waals surface area (Å²) >= 11 is 0. The van der Waals surface area contributed by atoms with E-state index in [2.05, 4.69) is 18.0 Å². The lowest BCUT2D eigenvalue weighted by molar-refractivity contribution is -0.139. The molecule has 1 unspecified atom stereocenters. The van der Waals surface area contributed by atoms with Crippen molar-refractivity contribution in [2.24, 2.45) is 11.8 Å². The van der Waals surface area contributed by atoms with E-state index in [0.29, 0.717) is 11.3 Å². The average Bonchev–Trinajstić information content (AvgIpc) is 2.97. The Balaban J connectivity index is 1.82. The van der Waals surface area contributed by atoms with Gasteiger partial charge >= 0.3 is 5.97 Å². The number of carboxylic acid groups (broad SMARTS) is 1. The van der Waals surface area contributed by atoms with Gasteiger partial charge in [-0.1, -0.05) is 26.0 Å².